The summed E-state index contributed by atoms with van der Waals surface area (Å²) in [5.41, 5.74) is 5.92. The molecule has 0 radical (unpaired) electrons. The number of benzene rings is 1. The Morgan fingerprint density at radius 3 is 2.65 bits per heavy atom. The van der Waals surface area contributed by atoms with Crippen molar-refractivity contribution in [3.05, 3.63) is 75.0 Å². The van der Waals surface area contributed by atoms with Crippen LogP contribution in [0.4, 0.5) is 4.39 Å². The van der Waals surface area contributed by atoms with Crippen LogP contribution in [0.2, 0.25) is 5.15 Å². The average molecular weight is 463 g/mol. The molecule has 2 N–H and O–H groups in total. The Morgan fingerprint density at radius 2 is 1.97 bits per heavy atom. The van der Waals surface area contributed by atoms with Gasteiger partial charge >= 0.3 is 5.97 Å². The summed E-state index contributed by atoms with van der Waals surface area (Å²) in [4.78, 5) is 35.7. The van der Waals surface area contributed by atoms with Crippen LogP contribution in [0.3, 0.4) is 0 Å². The number of halogens is 2. The molecule has 31 heavy (non-hydrogen) atoms. The minimum Gasteiger partial charge on any atom is -0.452 e. The zero-order chi connectivity index (χ0) is 22.4. The summed E-state index contributed by atoms with van der Waals surface area (Å²) < 4.78 is 19.3. The average Bonchev–Trinajstić information content (AvgIpc) is 3.38. The Hall–Kier alpha value is -3.50. The van der Waals surface area contributed by atoms with E-state index in [1.54, 1.807) is 24.4 Å². The third-order valence-corrected chi connectivity index (χ3v) is 5.14. The number of thiophene rings is 1. The largest absolute Gasteiger partial charge is 0.452 e. The van der Waals surface area contributed by atoms with Gasteiger partial charge in [-0.05, 0) is 48.7 Å². The maximum atomic E-state index is 13.1. The number of rotatable bonds is 6. The first-order valence-electron chi connectivity index (χ1n) is 8.83. The van der Waals surface area contributed by atoms with Gasteiger partial charge < -0.3 is 4.74 Å². The van der Waals surface area contributed by atoms with Crippen molar-refractivity contribution in [2.45, 2.75) is 6.92 Å². The molecule has 2 aromatic heterocycles. The summed E-state index contributed by atoms with van der Waals surface area (Å²) in [5, 5.41) is 6.23. The molecule has 0 aliphatic carbocycles. The predicted octanol–water partition coefficient (Wildman–Crippen LogP) is 3.05. The molecule has 2 amide bonds. The number of aromatic nitrogens is 2. The molecule has 1 aromatic carbocycles. The predicted molar refractivity (Wildman–Crippen MR) is 113 cm³/mol. The van der Waals surface area contributed by atoms with Gasteiger partial charge in [-0.15, -0.1) is 11.3 Å². The SMILES string of the molecule is Cc1nn(-c2ccc(F)cc2)c(Cl)c1C=CC(=O)OCC(=O)NNC(=O)c1cccs1. The van der Waals surface area contributed by atoms with Crippen LogP contribution in [0.1, 0.15) is 20.9 Å². The quantitative estimate of drug-likeness (QED) is 0.333. The van der Waals surface area contributed by atoms with Crippen LogP contribution in [-0.4, -0.2) is 34.2 Å². The summed E-state index contributed by atoms with van der Waals surface area (Å²) in [6.45, 7) is 1.11. The molecule has 8 nitrogen and oxygen atoms in total. The smallest absolute Gasteiger partial charge is 0.331 e. The monoisotopic (exact) mass is 462 g/mol. The van der Waals surface area contributed by atoms with Crippen LogP contribution in [0.5, 0.6) is 0 Å². The minimum atomic E-state index is -0.787. The summed E-state index contributed by atoms with van der Waals surface area (Å²) in [6, 6.07) is 8.90. The molecule has 0 bridgehead atoms. The lowest BCUT2D eigenvalue weighted by molar-refractivity contribution is -0.144. The van der Waals surface area contributed by atoms with Crippen molar-refractivity contribution in [2.75, 3.05) is 6.61 Å². The Bertz CT molecular complexity index is 1130. The van der Waals surface area contributed by atoms with E-state index in [0.29, 0.717) is 21.8 Å². The molecule has 3 aromatic rings. The van der Waals surface area contributed by atoms with E-state index in [1.807, 2.05) is 0 Å². The van der Waals surface area contributed by atoms with Crippen molar-refractivity contribution in [1.29, 1.82) is 0 Å². The molecule has 0 atom stereocenters. The van der Waals surface area contributed by atoms with Gasteiger partial charge in [-0.3, -0.25) is 20.4 Å². The number of carbonyl (C=O) groups is 3. The lowest BCUT2D eigenvalue weighted by Gasteiger charge is -2.06. The number of hydrogen-bond donors (Lipinski definition) is 2. The van der Waals surface area contributed by atoms with E-state index in [0.717, 1.165) is 6.08 Å². The van der Waals surface area contributed by atoms with Crippen LogP contribution in [0.15, 0.2) is 47.9 Å². The Kier molecular flexibility index (Phi) is 7.16. The van der Waals surface area contributed by atoms with Gasteiger partial charge in [0, 0.05) is 11.6 Å². The van der Waals surface area contributed by atoms with Crippen molar-refractivity contribution in [3.63, 3.8) is 0 Å². The van der Waals surface area contributed by atoms with Crippen molar-refractivity contribution >= 4 is 46.8 Å². The number of esters is 1. The second-order valence-electron chi connectivity index (χ2n) is 6.10. The number of nitrogens with zero attached hydrogens (tertiary/aromatic N) is 2. The minimum absolute atomic E-state index is 0.224. The second-order valence-corrected chi connectivity index (χ2v) is 7.40. The molecule has 0 aliphatic rings. The topological polar surface area (TPSA) is 102 Å². The van der Waals surface area contributed by atoms with Gasteiger partial charge in [0.25, 0.3) is 11.8 Å². The highest BCUT2D eigenvalue weighted by Crippen LogP contribution is 2.24. The maximum Gasteiger partial charge on any atom is 0.331 e. The molecule has 0 aliphatic heterocycles. The summed E-state index contributed by atoms with van der Waals surface area (Å²) >= 11 is 7.54. The van der Waals surface area contributed by atoms with Gasteiger partial charge in [-0.25, -0.2) is 13.9 Å². The number of hydrazine groups is 1. The fourth-order valence-corrected chi connectivity index (χ4v) is 3.38. The van der Waals surface area contributed by atoms with E-state index in [-0.39, 0.29) is 11.0 Å². The first-order valence-corrected chi connectivity index (χ1v) is 10.1. The van der Waals surface area contributed by atoms with Crippen molar-refractivity contribution in [3.8, 4) is 5.69 Å². The molecule has 160 valence electrons. The normalized spacial score (nSPS) is 10.8. The van der Waals surface area contributed by atoms with E-state index >= 15 is 0 Å². The molecule has 0 saturated heterocycles. The molecule has 2 heterocycles. The van der Waals surface area contributed by atoms with E-state index in [1.165, 1.54) is 46.4 Å². The van der Waals surface area contributed by atoms with Crippen molar-refractivity contribution in [1.82, 2.24) is 20.6 Å². The molecular formula is C20H16ClFN4O4S. The van der Waals surface area contributed by atoms with Crippen LogP contribution in [0, 0.1) is 12.7 Å². The second kappa shape index (κ2) is 10.0. The summed E-state index contributed by atoms with van der Waals surface area (Å²) in [7, 11) is 0. The molecule has 0 fully saturated rings. The molecule has 0 spiro atoms. The van der Waals surface area contributed by atoms with Crippen molar-refractivity contribution in [2.24, 2.45) is 0 Å². The van der Waals surface area contributed by atoms with E-state index in [9.17, 15) is 18.8 Å². The highest BCUT2D eigenvalue weighted by molar-refractivity contribution is 7.12. The summed E-state index contributed by atoms with van der Waals surface area (Å²) in [6.07, 6.45) is 2.51. The maximum absolute atomic E-state index is 13.1. The Labute approximate surface area is 185 Å². The van der Waals surface area contributed by atoms with Gasteiger partial charge in [-0.2, -0.15) is 5.10 Å². The van der Waals surface area contributed by atoms with Crippen molar-refractivity contribution < 1.29 is 23.5 Å². The molecule has 3 rings (SSSR count). The van der Waals surface area contributed by atoms with Gasteiger partial charge in [-0.1, -0.05) is 17.7 Å². The molecule has 0 saturated carbocycles. The number of nitrogens with one attached hydrogen (secondary N) is 2. The third-order valence-electron chi connectivity index (χ3n) is 3.91. The summed E-state index contributed by atoms with van der Waals surface area (Å²) in [5.74, 6) is -2.35. The first-order chi connectivity index (χ1) is 14.8. The van der Waals surface area contributed by atoms with E-state index in [4.69, 9.17) is 16.3 Å². The van der Waals surface area contributed by atoms with Crippen LogP contribution >= 0.6 is 22.9 Å². The zero-order valence-corrected chi connectivity index (χ0v) is 17.7. The van der Waals surface area contributed by atoms with Gasteiger partial charge in [0.2, 0.25) is 0 Å². The molecular weight excluding hydrogens is 447 g/mol. The van der Waals surface area contributed by atoms with Crippen LogP contribution in [0.25, 0.3) is 11.8 Å². The van der Waals surface area contributed by atoms with Gasteiger partial charge in [0.1, 0.15) is 11.0 Å². The van der Waals surface area contributed by atoms with E-state index in [2.05, 4.69) is 16.0 Å². The number of hydrogen-bond acceptors (Lipinski definition) is 6. The number of amides is 2. The van der Waals surface area contributed by atoms with E-state index < -0.39 is 24.4 Å². The van der Waals surface area contributed by atoms with Crippen LogP contribution < -0.4 is 10.9 Å². The lowest BCUT2D eigenvalue weighted by atomic mass is 10.2. The lowest BCUT2D eigenvalue weighted by Crippen LogP contribution is -2.43. The zero-order valence-electron chi connectivity index (χ0n) is 16.1. The number of aryl methyl sites for hydroxylation is 1. The Morgan fingerprint density at radius 1 is 1.23 bits per heavy atom. The molecule has 11 heteroatoms. The fraction of sp³-hybridized carbons (Fsp3) is 0.100. The number of carbonyl (C=O) groups excluding carboxylic acids is 3. The molecule has 0 unspecified atom stereocenters. The van der Waals surface area contributed by atoms with Gasteiger partial charge in [0.05, 0.1) is 16.3 Å². The Balaban J connectivity index is 1.53. The third kappa shape index (κ3) is 5.77. The van der Waals surface area contributed by atoms with Gasteiger partial charge in [0.15, 0.2) is 6.61 Å². The standard InChI is InChI=1S/C20H16ClFN4O4S/c1-12-15(19(21)26(25-12)14-6-4-13(22)5-7-14)8-9-18(28)30-11-17(27)23-24-20(29)16-3-2-10-31-16/h2-10H,11H2,1H3,(H,23,27)(H,24,29). The highest BCUT2D eigenvalue weighted by atomic mass is 35.5. The number of ether oxygens (including phenoxy) is 1. The van der Waals surface area contributed by atoms with Crippen LogP contribution in [-0.2, 0) is 14.3 Å². The first kappa shape index (κ1) is 22.2. The highest BCUT2D eigenvalue weighted by Gasteiger charge is 2.14. The fourth-order valence-electron chi connectivity index (χ4n) is 2.42.